The van der Waals surface area contributed by atoms with Crippen LogP contribution in [0.3, 0.4) is 0 Å². The first kappa shape index (κ1) is 13.3. The molecule has 0 amide bonds. The van der Waals surface area contributed by atoms with Gasteiger partial charge in [-0.15, -0.1) is 0 Å². The lowest BCUT2D eigenvalue weighted by molar-refractivity contribution is 0.0410. The molecule has 4 heteroatoms. The first-order chi connectivity index (χ1) is 8.38. The lowest BCUT2D eigenvalue weighted by Crippen LogP contribution is -2.41. The van der Waals surface area contributed by atoms with Crippen LogP contribution in [-0.4, -0.2) is 63.5 Å². The number of piperidine rings is 1. The summed E-state index contributed by atoms with van der Waals surface area (Å²) in [5, 5.41) is 3.50. The summed E-state index contributed by atoms with van der Waals surface area (Å²) < 4.78 is 11.0. The van der Waals surface area contributed by atoms with Gasteiger partial charge in [0.25, 0.3) is 0 Å². The van der Waals surface area contributed by atoms with E-state index in [1.165, 1.54) is 38.8 Å². The Hall–Kier alpha value is -0.160. The first-order valence-corrected chi connectivity index (χ1v) is 6.96. The number of methoxy groups -OCH3 is 1. The Morgan fingerprint density at radius 3 is 2.76 bits per heavy atom. The van der Waals surface area contributed by atoms with Crippen molar-refractivity contribution in [1.29, 1.82) is 0 Å². The summed E-state index contributed by atoms with van der Waals surface area (Å²) in [6.45, 7) is 6.58. The Morgan fingerprint density at radius 1 is 1.29 bits per heavy atom. The van der Waals surface area contributed by atoms with Crippen molar-refractivity contribution in [2.24, 2.45) is 0 Å². The zero-order valence-electron chi connectivity index (χ0n) is 11.0. The molecule has 1 N–H and O–H groups in total. The van der Waals surface area contributed by atoms with Crippen molar-refractivity contribution in [2.75, 3.05) is 46.4 Å². The van der Waals surface area contributed by atoms with Crippen molar-refractivity contribution in [3.8, 4) is 0 Å². The zero-order valence-corrected chi connectivity index (χ0v) is 11.0. The highest BCUT2D eigenvalue weighted by Gasteiger charge is 2.18. The van der Waals surface area contributed by atoms with E-state index in [-0.39, 0.29) is 0 Å². The van der Waals surface area contributed by atoms with Gasteiger partial charge in [-0.25, -0.2) is 0 Å². The summed E-state index contributed by atoms with van der Waals surface area (Å²) in [7, 11) is 1.82. The Labute approximate surface area is 105 Å². The van der Waals surface area contributed by atoms with E-state index in [2.05, 4.69) is 10.2 Å². The predicted molar refractivity (Wildman–Crippen MR) is 68.3 cm³/mol. The van der Waals surface area contributed by atoms with Crippen LogP contribution in [0.15, 0.2) is 0 Å². The summed E-state index contributed by atoms with van der Waals surface area (Å²) in [6, 6.07) is 0. The highest BCUT2D eigenvalue weighted by Crippen LogP contribution is 2.12. The van der Waals surface area contributed by atoms with Gasteiger partial charge in [0.15, 0.2) is 0 Å². The van der Waals surface area contributed by atoms with E-state index in [0.29, 0.717) is 12.2 Å². The number of nitrogens with zero attached hydrogens (tertiary/aromatic N) is 1. The molecule has 0 radical (unpaired) electrons. The molecule has 0 aromatic carbocycles. The predicted octanol–water partition coefficient (Wildman–Crippen LogP) is 0.866. The summed E-state index contributed by atoms with van der Waals surface area (Å²) >= 11 is 0. The third kappa shape index (κ3) is 4.54. The number of likely N-dealkylation sites (tertiary alicyclic amines) is 1. The van der Waals surface area contributed by atoms with Crippen molar-refractivity contribution in [2.45, 2.75) is 37.9 Å². The van der Waals surface area contributed by atoms with Crippen LogP contribution in [-0.2, 0) is 9.47 Å². The molecule has 2 fully saturated rings. The molecule has 0 aliphatic carbocycles. The van der Waals surface area contributed by atoms with E-state index >= 15 is 0 Å². The van der Waals surface area contributed by atoms with Crippen LogP contribution in [0, 0.1) is 0 Å². The maximum atomic E-state index is 5.58. The van der Waals surface area contributed by atoms with Crippen LogP contribution >= 0.6 is 0 Å². The number of rotatable bonds is 6. The van der Waals surface area contributed by atoms with Crippen molar-refractivity contribution in [1.82, 2.24) is 10.2 Å². The Bertz CT molecular complexity index is 200. The van der Waals surface area contributed by atoms with E-state index in [0.717, 1.165) is 26.2 Å². The third-order valence-corrected chi connectivity index (χ3v) is 3.87. The zero-order chi connectivity index (χ0) is 11.9. The number of nitrogens with one attached hydrogen (secondary N) is 1. The van der Waals surface area contributed by atoms with Gasteiger partial charge in [0.2, 0.25) is 0 Å². The van der Waals surface area contributed by atoms with E-state index in [1.807, 2.05) is 7.11 Å². The van der Waals surface area contributed by atoms with Gasteiger partial charge in [-0.05, 0) is 25.7 Å². The highest BCUT2D eigenvalue weighted by molar-refractivity contribution is 4.73. The van der Waals surface area contributed by atoms with Gasteiger partial charge >= 0.3 is 0 Å². The number of hydrogen-bond donors (Lipinski definition) is 1. The fourth-order valence-electron chi connectivity index (χ4n) is 2.67. The van der Waals surface area contributed by atoms with Gasteiger partial charge < -0.3 is 19.7 Å². The van der Waals surface area contributed by atoms with Crippen LogP contribution < -0.4 is 5.32 Å². The molecule has 0 aromatic heterocycles. The normalized spacial score (nSPS) is 27.7. The fraction of sp³-hybridized carbons (Fsp3) is 1.00. The van der Waals surface area contributed by atoms with Crippen LogP contribution in [0.2, 0.25) is 0 Å². The molecule has 2 heterocycles. The molecule has 1 unspecified atom stereocenters. The standard InChI is InChI=1S/C13H26N2O2/c1-16-12-4-7-15(8-5-12)9-6-14-11-13-3-2-10-17-13/h12-14H,2-11H2,1H3. The minimum absolute atomic E-state index is 0.467. The molecule has 17 heavy (non-hydrogen) atoms. The van der Waals surface area contributed by atoms with Gasteiger partial charge in [-0.1, -0.05) is 0 Å². The maximum Gasteiger partial charge on any atom is 0.0700 e. The minimum Gasteiger partial charge on any atom is -0.381 e. The molecule has 0 saturated carbocycles. The van der Waals surface area contributed by atoms with Crippen LogP contribution in [0.1, 0.15) is 25.7 Å². The average molecular weight is 242 g/mol. The minimum atomic E-state index is 0.467. The molecule has 4 nitrogen and oxygen atoms in total. The lowest BCUT2D eigenvalue weighted by Gasteiger charge is -2.31. The smallest absolute Gasteiger partial charge is 0.0700 e. The molecular formula is C13H26N2O2. The molecule has 100 valence electrons. The summed E-state index contributed by atoms with van der Waals surface area (Å²) in [6.07, 6.45) is 5.79. The van der Waals surface area contributed by atoms with Crippen LogP contribution in [0.4, 0.5) is 0 Å². The average Bonchev–Trinajstić information content (AvgIpc) is 2.88. The maximum absolute atomic E-state index is 5.58. The van der Waals surface area contributed by atoms with Gasteiger partial charge in [0.1, 0.15) is 0 Å². The third-order valence-electron chi connectivity index (χ3n) is 3.87. The lowest BCUT2D eigenvalue weighted by atomic mass is 10.1. The summed E-state index contributed by atoms with van der Waals surface area (Å²) in [5.41, 5.74) is 0. The van der Waals surface area contributed by atoms with Crippen LogP contribution in [0.25, 0.3) is 0 Å². The molecule has 1 atom stereocenters. The topological polar surface area (TPSA) is 33.7 Å². The molecule has 0 aromatic rings. The van der Waals surface area contributed by atoms with E-state index in [4.69, 9.17) is 9.47 Å². The fourth-order valence-corrected chi connectivity index (χ4v) is 2.67. The Balaban J connectivity index is 1.48. The molecule has 2 rings (SSSR count). The molecule has 2 aliphatic rings. The quantitative estimate of drug-likeness (QED) is 0.701. The second kappa shape index (κ2) is 7.31. The van der Waals surface area contributed by atoms with Gasteiger partial charge in [-0.2, -0.15) is 0 Å². The number of ether oxygens (including phenoxy) is 2. The van der Waals surface area contributed by atoms with Crippen molar-refractivity contribution < 1.29 is 9.47 Å². The summed E-state index contributed by atoms with van der Waals surface area (Å²) in [4.78, 5) is 2.53. The first-order valence-electron chi connectivity index (χ1n) is 6.96. The molecular weight excluding hydrogens is 216 g/mol. The Kier molecular flexibility index (Phi) is 5.71. The molecule has 2 saturated heterocycles. The van der Waals surface area contributed by atoms with E-state index < -0.39 is 0 Å². The second-order valence-corrected chi connectivity index (χ2v) is 5.12. The van der Waals surface area contributed by atoms with Crippen molar-refractivity contribution in [3.63, 3.8) is 0 Å². The SMILES string of the molecule is COC1CCN(CCNCC2CCCO2)CC1. The van der Waals surface area contributed by atoms with Crippen LogP contribution in [0.5, 0.6) is 0 Å². The molecule has 0 bridgehead atoms. The van der Waals surface area contributed by atoms with Gasteiger partial charge in [0, 0.05) is 46.4 Å². The van der Waals surface area contributed by atoms with E-state index in [9.17, 15) is 0 Å². The second-order valence-electron chi connectivity index (χ2n) is 5.12. The molecule has 2 aliphatic heterocycles. The monoisotopic (exact) mass is 242 g/mol. The van der Waals surface area contributed by atoms with Gasteiger partial charge in [0.05, 0.1) is 12.2 Å². The van der Waals surface area contributed by atoms with Crippen molar-refractivity contribution >= 4 is 0 Å². The van der Waals surface area contributed by atoms with Gasteiger partial charge in [-0.3, -0.25) is 0 Å². The molecule has 0 spiro atoms. The Morgan fingerprint density at radius 2 is 2.12 bits per heavy atom. The highest BCUT2D eigenvalue weighted by atomic mass is 16.5. The summed E-state index contributed by atoms with van der Waals surface area (Å²) in [5.74, 6) is 0. The number of hydrogen-bond acceptors (Lipinski definition) is 4. The van der Waals surface area contributed by atoms with Crippen molar-refractivity contribution in [3.05, 3.63) is 0 Å². The van der Waals surface area contributed by atoms with E-state index in [1.54, 1.807) is 0 Å². The largest absolute Gasteiger partial charge is 0.381 e.